The molecule has 2 aromatic heterocycles. The van der Waals surface area contributed by atoms with Crippen molar-refractivity contribution in [2.75, 3.05) is 0 Å². The summed E-state index contributed by atoms with van der Waals surface area (Å²) in [6.07, 6.45) is 2.94. The first-order valence-corrected chi connectivity index (χ1v) is 10.1. The highest BCUT2D eigenvalue weighted by Gasteiger charge is 2.41. The molecule has 0 N–H and O–H groups in total. The molecule has 0 saturated carbocycles. The van der Waals surface area contributed by atoms with Crippen LogP contribution in [0.25, 0.3) is 11.2 Å². The molecule has 0 unspecified atom stereocenters. The summed E-state index contributed by atoms with van der Waals surface area (Å²) in [7, 11) is 5.84. The standard InChI is InChI=1S/C25H17BN4O2/c26-22-16-27-24-23(28-22)21(30(31)32)17-29(24)25(18-10-4-1-5-11-18,19-12-6-2-7-13-19)20-14-8-3-9-15-20/h1-17H. The lowest BCUT2D eigenvalue weighted by Gasteiger charge is -2.37. The van der Waals surface area contributed by atoms with Gasteiger partial charge < -0.3 is 4.57 Å². The number of fused-ring (bicyclic) bond motifs is 1. The Bertz CT molecular complexity index is 1310. The Labute approximate surface area is 185 Å². The Morgan fingerprint density at radius 1 is 0.812 bits per heavy atom. The number of hydrogen-bond acceptors (Lipinski definition) is 4. The minimum Gasteiger partial charge on any atom is -0.306 e. The molecule has 0 atom stereocenters. The zero-order chi connectivity index (χ0) is 22.1. The molecule has 0 aliphatic carbocycles. The highest BCUT2D eigenvalue weighted by atomic mass is 16.6. The molecular formula is C25H17BN4O2. The molecule has 6 nitrogen and oxygen atoms in total. The number of rotatable bonds is 5. The molecule has 152 valence electrons. The van der Waals surface area contributed by atoms with Crippen molar-refractivity contribution in [3.05, 3.63) is 130 Å². The highest BCUT2D eigenvalue weighted by molar-refractivity contribution is 6.30. The topological polar surface area (TPSA) is 73.8 Å². The van der Waals surface area contributed by atoms with Crippen LogP contribution in [0.4, 0.5) is 5.69 Å². The second kappa shape index (κ2) is 7.78. The van der Waals surface area contributed by atoms with E-state index in [9.17, 15) is 10.1 Å². The van der Waals surface area contributed by atoms with Crippen LogP contribution in [0.2, 0.25) is 0 Å². The molecule has 3 aromatic carbocycles. The van der Waals surface area contributed by atoms with E-state index in [4.69, 9.17) is 7.85 Å². The maximum Gasteiger partial charge on any atom is 0.314 e. The van der Waals surface area contributed by atoms with E-state index in [-0.39, 0.29) is 16.8 Å². The minimum absolute atomic E-state index is 0.128. The smallest absolute Gasteiger partial charge is 0.306 e. The van der Waals surface area contributed by atoms with Gasteiger partial charge in [0.05, 0.1) is 11.1 Å². The van der Waals surface area contributed by atoms with Gasteiger partial charge in [-0.25, -0.2) is 4.98 Å². The number of aromatic nitrogens is 3. The van der Waals surface area contributed by atoms with Crippen LogP contribution in [0.1, 0.15) is 16.7 Å². The minimum atomic E-state index is -0.929. The van der Waals surface area contributed by atoms with Gasteiger partial charge in [0, 0.05) is 11.8 Å². The molecule has 7 heteroatoms. The Kier molecular flexibility index (Phi) is 4.79. The number of nitrogens with zero attached hydrogens (tertiary/aromatic N) is 4. The van der Waals surface area contributed by atoms with Crippen molar-refractivity contribution in [2.24, 2.45) is 0 Å². The van der Waals surface area contributed by atoms with E-state index in [0.717, 1.165) is 16.7 Å². The van der Waals surface area contributed by atoms with Crippen molar-refractivity contribution in [1.29, 1.82) is 0 Å². The normalized spacial score (nSPS) is 11.5. The molecule has 5 rings (SSSR count). The second-order valence-electron chi connectivity index (χ2n) is 7.42. The molecule has 5 aromatic rings. The van der Waals surface area contributed by atoms with Crippen molar-refractivity contribution in [2.45, 2.75) is 5.54 Å². The van der Waals surface area contributed by atoms with Crippen LogP contribution in [0.5, 0.6) is 0 Å². The summed E-state index contributed by atoms with van der Waals surface area (Å²) in [6.45, 7) is 0. The summed E-state index contributed by atoms with van der Waals surface area (Å²) in [5.74, 6) is 0. The van der Waals surface area contributed by atoms with Crippen LogP contribution in [0.3, 0.4) is 0 Å². The Morgan fingerprint density at radius 2 is 1.28 bits per heavy atom. The number of benzene rings is 3. The summed E-state index contributed by atoms with van der Waals surface area (Å²) in [5, 5.41) is 12.0. The maximum atomic E-state index is 12.0. The van der Waals surface area contributed by atoms with Crippen LogP contribution in [-0.2, 0) is 5.54 Å². The van der Waals surface area contributed by atoms with Crippen LogP contribution in [-0.4, -0.2) is 27.3 Å². The Balaban J connectivity index is 2.00. The fourth-order valence-electron chi connectivity index (χ4n) is 4.33. The van der Waals surface area contributed by atoms with Gasteiger partial charge in [-0.15, -0.1) is 0 Å². The largest absolute Gasteiger partial charge is 0.314 e. The van der Waals surface area contributed by atoms with Crippen LogP contribution >= 0.6 is 0 Å². The van der Waals surface area contributed by atoms with Gasteiger partial charge in [-0.1, -0.05) is 91.0 Å². The van der Waals surface area contributed by atoms with Gasteiger partial charge in [-0.3, -0.25) is 15.1 Å². The second-order valence-corrected chi connectivity index (χ2v) is 7.42. The van der Waals surface area contributed by atoms with Gasteiger partial charge in [0.1, 0.15) is 13.4 Å². The first kappa shape index (κ1) is 19.7. The van der Waals surface area contributed by atoms with E-state index in [1.54, 1.807) is 0 Å². The summed E-state index contributed by atoms with van der Waals surface area (Å²) in [4.78, 5) is 20.3. The fourth-order valence-corrected chi connectivity index (χ4v) is 4.33. The van der Waals surface area contributed by atoms with E-state index < -0.39 is 10.5 Å². The van der Waals surface area contributed by atoms with Gasteiger partial charge in [0.15, 0.2) is 11.2 Å². The average Bonchev–Trinajstić information content (AvgIpc) is 3.21. The lowest BCUT2D eigenvalue weighted by atomic mass is 9.76. The molecule has 0 bridgehead atoms. The van der Waals surface area contributed by atoms with Gasteiger partial charge >= 0.3 is 5.69 Å². The Morgan fingerprint density at radius 3 is 1.72 bits per heavy atom. The molecule has 2 heterocycles. The Hall–Kier alpha value is -4.26. The van der Waals surface area contributed by atoms with E-state index in [2.05, 4.69) is 9.97 Å². The molecule has 32 heavy (non-hydrogen) atoms. The summed E-state index contributed by atoms with van der Waals surface area (Å²) >= 11 is 0. The fraction of sp³-hybridized carbons (Fsp3) is 0.0400. The van der Waals surface area contributed by atoms with Crippen molar-refractivity contribution >= 4 is 30.3 Å². The molecule has 2 radical (unpaired) electrons. The SMILES string of the molecule is [B]c1cnc2c(n1)c([N+](=O)[O-])cn2C(c1ccccc1)(c1ccccc1)c1ccccc1. The zero-order valence-electron chi connectivity index (χ0n) is 17.0. The van der Waals surface area contributed by atoms with Gasteiger partial charge in [0.2, 0.25) is 0 Å². The quantitative estimate of drug-likeness (QED) is 0.188. The third kappa shape index (κ3) is 2.98. The predicted octanol–water partition coefficient (Wildman–Crippen LogP) is 3.97. The van der Waals surface area contributed by atoms with E-state index in [1.165, 1.54) is 12.4 Å². The molecule has 0 aliphatic rings. The third-order valence-electron chi connectivity index (χ3n) is 5.63. The molecule has 0 amide bonds. The van der Waals surface area contributed by atoms with Crippen molar-refractivity contribution in [1.82, 2.24) is 14.5 Å². The first-order valence-electron chi connectivity index (χ1n) is 10.1. The molecule has 0 aliphatic heterocycles. The van der Waals surface area contributed by atoms with Crippen molar-refractivity contribution in [3.63, 3.8) is 0 Å². The van der Waals surface area contributed by atoms with E-state index in [1.807, 2.05) is 95.6 Å². The van der Waals surface area contributed by atoms with Crippen molar-refractivity contribution in [3.8, 4) is 0 Å². The zero-order valence-corrected chi connectivity index (χ0v) is 17.0. The summed E-state index contributed by atoms with van der Waals surface area (Å²) in [6, 6.07) is 29.7. The molecular weight excluding hydrogens is 399 g/mol. The summed E-state index contributed by atoms with van der Waals surface area (Å²) in [5.41, 5.74) is 2.38. The number of nitro groups is 1. The highest BCUT2D eigenvalue weighted by Crippen LogP contribution is 2.43. The first-order chi connectivity index (χ1) is 15.6. The predicted molar refractivity (Wildman–Crippen MR) is 124 cm³/mol. The lowest BCUT2D eigenvalue weighted by Crippen LogP contribution is -2.37. The monoisotopic (exact) mass is 416 g/mol. The molecule has 0 spiro atoms. The van der Waals surface area contributed by atoms with Crippen LogP contribution in [0.15, 0.2) is 103 Å². The summed E-state index contributed by atoms with van der Waals surface area (Å²) < 4.78 is 1.84. The van der Waals surface area contributed by atoms with E-state index in [0.29, 0.717) is 5.65 Å². The number of hydrogen-bond donors (Lipinski definition) is 0. The van der Waals surface area contributed by atoms with Gasteiger partial charge in [-0.05, 0) is 16.7 Å². The van der Waals surface area contributed by atoms with Crippen LogP contribution < -0.4 is 5.59 Å². The van der Waals surface area contributed by atoms with E-state index >= 15 is 0 Å². The van der Waals surface area contributed by atoms with Crippen LogP contribution in [0, 0.1) is 10.1 Å². The maximum absolute atomic E-state index is 12.0. The average molecular weight is 416 g/mol. The van der Waals surface area contributed by atoms with Gasteiger partial charge in [0.25, 0.3) is 0 Å². The lowest BCUT2D eigenvalue weighted by molar-refractivity contribution is -0.383. The van der Waals surface area contributed by atoms with Crippen molar-refractivity contribution < 1.29 is 4.92 Å². The third-order valence-corrected chi connectivity index (χ3v) is 5.63. The molecule has 0 fully saturated rings. The van der Waals surface area contributed by atoms with Gasteiger partial charge in [-0.2, -0.15) is 0 Å². The molecule has 0 saturated heterocycles.